The van der Waals surface area contributed by atoms with Crippen molar-refractivity contribution in [3.05, 3.63) is 59.3 Å². The first-order valence-electron chi connectivity index (χ1n) is 10.8. The summed E-state index contributed by atoms with van der Waals surface area (Å²) < 4.78 is 1.90. The zero-order valence-electron chi connectivity index (χ0n) is 17.7. The molecule has 7 heteroatoms. The second-order valence-electron chi connectivity index (χ2n) is 8.65. The van der Waals surface area contributed by atoms with Gasteiger partial charge >= 0.3 is 0 Å². The molecule has 3 aromatic heterocycles. The maximum atomic E-state index is 13.7. The van der Waals surface area contributed by atoms with E-state index in [1.807, 2.05) is 46.8 Å². The summed E-state index contributed by atoms with van der Waals surface area (Å²) in [6.45, 7) is 7.11. The summed E-state index contributed by atoms with van der Waals surface area (Å²) >= 11 is 0. The molecule has 0 aliphatic carbocycles. The van der Waals surface area contributed by atoms with E-state index in [0.717, 1.165) is 67.1 Å². The Balaban J connectivity index is 1.42. The minimum atomic E-state index is -0.403. The van der Waals surface area contributed by atoms with E-state index in [-0.39, 0.29) is 5.91 Å². The Kier molecular flexibility index (Phi) is 4.77. The average Bonchev–Trinajstić information content (AvgIpc) is 3.32. The van der Waals surface area contributed by atoms with Crippen LogP contribution in [0.1, 0.15) is 48.3 Å². The predicted molar refractivity (Wildman–Crippen MR) is 114 cm³/mol. The maximum absolute atomic E-state index is 13.7. The summed E-state index contributed by atoms with van der Waals surface area (Å²) in [5.74, 6) is 0.258. The normalized spacial score (nSPS) is 22.5. The molecule has 1 atom stereocenters. The quantitative estimate of drug-likeness (QED) is 0.669. The van der Waals surface area contributed by atoms with Gasteiger partial charge in [-0.2, -0.15) is 5.10 Å². The lowest BCUT2D eigenvalue weighted by atomic mass is 9.85. The van der Waals surface area contributed by atoms with E-state index in [1.54, 1.807) is 6.20 Å². The SMILES string of the molecule is Cc1cc(C)n2ncc(CN3CCCC34CCCN(Cc3ccccn3)C4=O)c2n1. The van der Waals surface area contributed by atoms with Crippen LogP contribution in [0.2, 0.25) is 0 Å². The van der Waals surface area contributed by atoms with Crippen molar-refractivity contribution in [3.8, 4) is 0 Å². The summed E-state index contributed by atoms with van der Waals surface area (Å²) in [7, 11) is 0. The monoisotopic (exact) mass is 404 g/mol. The Morgan fingerprint density at radius 3 is 2.73 bits per heavy atom. The molecule has 0 bridgehead atoms. The van der Waals surface area contributed by atoms with Crippen LogP contribution < -0.4 is 0 Å². The molecule has 3 aromatic rings. The number of hydrogen-bond acceptors (Lipinski definition) is 5. The van der Waals surface area contributed by atoms with E-state index in [9.17, 15) is 4.79 Å². The van der Waals surface area contributed by atoms with Gasteiger partial charge in [0.15, 0.2) is 5.65 Å². The van der Waals surface area contributed by atoms with Crippen LogP contribution >= 0.6 is 0 Å². The largest absolute Gasteiger partial charge is 0.335 e. The first-order chi connectivity index (χ1) is 14.6. The molecular weight excluding hydrogens is 376 g/mol. The third-order valence-electron chi connectivity index (χ3n) is 6.62. The highest BCUT2D eigenvalue weighted by atomic mass is 16.2. The van der Waals surface area contributed by atoms with Crippen LogP contribution in [-0.4, -0.2) is 53.9 Å². The van der Waals surface area contributed by atoms with Crippen LogP contribution in [0.5, 0.6) is 0 Å². The van der Waals surface area contributed by atoms with Crippen molar-refractivity contribution < 1.29 is 4.79 Å². The first kappa shape index (κ1) is 19.2. The van der Waals surface area contributed by atoms with Gasteiger partial charge < -0.3 is 4.90 Å². The number of likely N-dealkylation sites (tertiary alicyclic amines) is 2. The Hall–Kier alpha value is -2.80. The fraction of sp³-hybridized carbons (Fsp3) is 0.478. The van der Waals surface area contributed by atoms with Crippen molar-refractivity contribution in [2.75, 3.05) is 13.1 Å². The van der Waals surface area contributed by atoms with Crippen molar-refractivity contribution in [2.24, 2.45) is 0 Å². The molecule has 5 heterocycles. The molecule has 1 spiro atoms. The zero-order chi connectivity index (χ0) is 20.7. The molecule has 156 valence electrons. The third-order valence-corrected chi connectivity index (χ3v) is 6.62. The number of fused-ring (bicyclic) bond motifs is 1. The van der Waals surface area contributed by atoms with Crippen LogP contribution in [0.15, 0.2) is 36.7 Å². The number of hydrogen-bond donors (Lipinski definition) is 0. The molecule has 0 saturated carbocycles. The van der Waals surface area contributed by atoms with E-state index in [2.05, 4.69) is 21.9 Å². The van der Waals surface area contributed by atoms with E-state index < -0.39 is 5.54 Å². The second-order valence-corrected chi connectivity index (χ2v) is 8.65. The highest BCUT2D eigenvalue weighted by Gasteiger charge is 2.50. The molecule has 1 unspecified atom stereocenters. The van der Waals surface area contributed by atoms with Crippen LogP contribution in [0.25, 0.3) is 5.65 Å². The lowest BCUT2D eigenvalue weighted by molar-refractivity contribution is -0.148. The number of amides is 1. The van der Waals surface area contributed by atoms with Crippen molar-refractivity contribution in [1.29, 1.82) is 0 Å². The lowest BCUT2D eigenvalue weighted by Gasteiger charge is -2.44. The van der Waals surface area contributed by atoms with Crippen molar-refractivity contribution in [2.45, 2.75) is 58.2 Å². The smallest absolute Gasteiger partial charge is 0.243 e. The number of carbonyl (C=O) groups is 1. The van der Waals surface area contributed by atoms with Crippen LogP contribution in [0.3, 0.4) is 0 Å². The number of carbonyl (C=O) groups excluding carboxylic acids is 1. The topological polar surface area (TPSA) is 66.6 Å². The molecule has 0 radical (unpaired) electrons. The number of piperidine rings is 1. The van der Waals surface area contributed by atoms with Gasteiger partial charge in [-0.1, -0.05) is 6.07 Å². The van der Waals surface area contributed by atoms with Gasteiger partial charge in [0.05, 0.1) is 18.4 Å². The summed E-state index contributed by atoms with van der Waals surface area (Å²) in [5, 5.41) is 4.55. The minimum Gasteiger partial charge on any atom is -0.335 e. The molecule has 0 aromatic carbocycles. The molecule has 2 saturated heterocycles. The van der Waals surface area contributed by atoms with Gasteiger partial charge in [0.1, 0.15) is 5.54 Å². The van der Waals surface area contributed by atoms with E-state index in [1.165, 1.54) is 0 Å². The van der Waals surface area contributed by atoms with E-state index in [0.29, 0.717) is 13.1 Å². The Morgan fingerprint density at radius 1 is 1.10 bits per heavy atom. The molecular formula is C23H28N6O. The van der Waals surface area contributed by atoms with Crippen LogP contribution in [0.4, 0.5) is 0 Å². The molecule has 2 fully saturated rings. The molecule has 2 aliphatic heterocycles. The van der Waals surface area contributed by atoms with Gasteiger partial charge in [-0.25, -0.2) is 9.50 Å². The van der Waals surface area contributed by atoms with Crippen LogP contribution in [0, 0.1) is 13.8 Å². The highest BCUT2D eigenvalue weighted by molar-refractivity contribution is 5.87. The maximum Gasteiger partial charge on any atom is 0.243 e. The van der Waals surface area contributed by atoms with Gasteiger partial charge in [0.2, 0.25) is 5.91 Å². The highest BCUT2D eigenvalue weighted by Crippen LogP contribution is 2.39. The molecule has 7 nitrogen and oxygen atoms in total. The summed E-state index contributed by atoms with van der Waals surface area (Å²) in [6.07, 6.45) is 7.64. The Labute approximate surface area is 176 Å². The second kappa shape index (κ2) is 7.47. The summed E-state index contributed by atoms with van der Waals surface area (Å²) in [4.78, 5) is 27.2. The van der Waals surface area contributed by atoms with Gasteiger partial charge in [-0.3, -0.25) is 14.7 Å². The number of aryl methyl sites for hydroxylation is 2. The molecule has 1 amide bonds. The fourth-order valence-electron chi connectivity index (χ4n) is 5.23. The molecule has 30 heavy (non-hydrogen) atoms. The van der Waals surface area contributed by atoms with E-state index in [4.69, 9.17) is 4.98 Å². The lowest BCUT2D eigenvalue weighted by Crippen LogP contribution is -2.59. The van der Waals surface area contributed by atoms with Gasteiger partial charge in [-0.05, 0) is 64.3 Å². The predicted octanol–water partition coefficient (Wildman–Crippen LogP) is 2.90. The van der Waals surface area contributed by atoms with Gasteiger partial charge in [-0.15, -0.1) is 0 Å². The average molecular weight is 405 g/mol. The van der Waals surface area contributed by atoms with Crippen molar-refractivity contribution in [1.82, 2.24) is 29.4 Å². The van der Waals surface area contributed by atoms with E-state index >= 15 is 0 Å². The number of aromatic nitrogens is 4. The first-order valence-corrected chi connectivity index (χ1v) is 10.8. The zero-order valence-corrected chi connectivity index (χ0v) is 17.7. The number of pyridine rings is 1. The van der Waals surface area contributed by atoms with Gasteiger partial charge in [0, 0.05) is 36.2 Å². The Morgan fingerprint density at radius 2 is 1.93 bits per heavy atom. The summed E-state index contributed by atoms with van der Waals surface area (Å²) in [6, 6.07) is 7.93. The molecule has 2 aliphatic rings. The Bertz CT molecular complexity index is 1080. The van der Waals surface area contributed by atoms with Crippen molar-refractivity contribution >= 4 is 11.6 Å². The van der Waals surface area contributed by atoms with Crippen LogP contribution in [-0.2, 0) is 17.9 Å². The summed E-state index contributed by atoms with van der Waals surface area (Å²) in [5.41, 5.74) is 4.62. The van der Waals surface area contributed by atoms with Crippen molar-refractivity contribution in [3.63, 3.8) is 0 Å². The molecule has 0 N–H and O–H groups in total. The third kappa shape index (κ3) is 3.17. The number of rotatable bonds is 4. The molecule has 5 rings (SSSR count). The number of nitrogens with zero attached hydrogens (tertiary/aromatic N) is 6. The standard InChI is InChI=1S/C23H28N6O/c1-17-13-18(2)29-21(26-17)19(14-25-29)15-28-12-6-9-23(28)8-5-11-27(22(23)30)16-20-7-3-4-10-24-20/h3-4,7,10,13-14H,5-6,8-9,11-12,15-16H2,1-2H3. The fourth-order valence-corrected chi connectivity index (χ4v) is 5.23. The van der Waals surface area contributed by atoms with Gasteiger partial charge in [0.25, 0.3) is 0 Å². The minimum absolute atomic E-state index is 0.258.